The van der Waals surface area contributed by atoms with Gasteiger partial charge in [-0.25, -0.2) is 9.18 Å². The summed E-state index contributed by atoms with van der Waals surface area (Å²) < 4.78 is 21.0. The first-order valence-corrected chi connectivity index (χ1v) is 12.6. The van der Waals surface area contributed by atoms with Gasteiger partial charge in [-0.15, -0.1) is 0 Å². The number of ketones is 1. The smallest absolute Gasteiger partial charge is 0.323 e. The number of aliphatic hydroxyl groups excluding tert-OH is 1. The first kappa shape index (κ1) is 25.2. The third-order valence-electron chi connectivity index (χ3n) is 7.23. The molecule has 10 heteroatoms. The van der Waals surface area contributed by atoms with Crippen molar-refractivity contribution in [2.45, 2.75) is 44.2 Å². The number of piperidine rings is 1. The largest absolute Gasteiger partial charge is 0.491 e. The molecular weight excluding hydrogens is 501 g/mol. The zero-order valence-electron chi connectivity index (χ0n) is 20.0. The van der Waals surface area contributed by atoms with Gasteiger partial charge in [0.2, 0.25) is 5.91 Å². The fourth-order valence-corrected chi connectivity index (χ4v) is 5.57. The summed E-state index contributed by atoms with van der Waals surface area (Å²) in [6.07, 6.45) is 3.31. The number of fused-ring (bicyclic) bond motifs is 2. The second-order valence-electron chi connectivity index (χ2n) is 9.59. The van der Waals surface area contributed by atoms with Gasteiger partial charge in [0.05, 0.1) is 29.6 Å². The van der Waals surface area contributed by atoms with E-state index in [1.165, 1.54) is 10.6 Å². The minimum Gasteiger partial charge on any atom is -0.491 e. The highest BCUT2D eigenvalue weighted by atomic mass is 35.5. The summed E-state index contributed by atoms with van der Waals surface area (Å²) >= 11 is 5.86. The minimum absolute atomic E-state index is 0.0175. The van der Waals surface area contributed by atoms with E-state index in [2.05, 4.69) is 0 Å². The van der Waals surface area contributed by atoms with E-state index in [4.69, 9.17) is 27.2 Å². The standard InChI is InChI=1S/C27H27ClFN3O5/c28-20-3-1-2-15(26(20)29)4-7-24(34)23-11-16-10-22(16)32(23)25(35)12-17-14-31(27(30)36)21-6-5-18(13-19(17)21)37-9-8-33/h1-3,5-6,13-14,16,22-23,33H,4,7-12H2,(H2,30,36)/t16?,22?,23-/m0/s1. The van der Waals surface area contributed by atoms with Gasteiger partial charge in [-0.1, -0.05) is 23.7 Å². The van der Waals surface area contributed by atoms with Crippen molar-refractivity contribution in [3.63, 3.8) is 0 Å². The number of aryl methyl sites for hydroxylation is 1. The van der Waals surface area contributed by atoms with Gasteiger partial charge < -0.3 is 20.5 Å². The van der Waals surface area contributed by atoms with E-state index in [1.54, 1.807) is 41.4 Å². The second kappa shape index (κ2) is 10.1. The third kappa shape index (κ3) is 4.93. The number of aliphatic hydroxyl groups is 1. The monoisotopic (exact) mass is 527 g/mol. The van der Waals surface area contributed by atoms with Crippen LogP contribution in [0, 0.1) is 11.7 Å². The lowest BCUT2D eigenvalue weighted by Gasteiger charge is -2.27. The number of aromatic nitrogens is 1. The highest BCUT2D eigenvalue weighted by molar-refractivity contribution is 6.30. The Morgan fingerprint density at radius 2 is 1.97 bits per heavy atom. The van der Waals surface area contributed by atoms with Gasteiger partial charge in [-0.2, -0.15) is 0 Å². The molecule has 1 aliphatic carbocycles. The molecule has 3 aromatic rings. The van der Waals surface area contributed by atoms with E-state index in [1.807, 2.05) is 0 Å². The molecule has 3 atom stereocenters. The molecule has 2 unspecified atom stereocenters. The van der Waals surface area contributed by atoms with Gasteiger partial charge in [0.25, 0.3) is 0 Å². The Hall–Kier alpha value is -3.43. The molecule has 0 bridgehead atoms. The zero-order valence-corrected chi connectivity index (χ0v) is 20.8. The number of benzene rings is 2. The molecule has 2 fully saturated rings. The van der Waals surface area contributed by atoms with E-state index in [9.17, 15) is 18.8 Å². The van der Waals surface area contributed by atoms with Crippen molar-refractivity contribution >= 4 is 40.2 Å². The Kier molecular flexibility index (Phi) is 6.92. The lowest BCUT2D eigenvalue weighted by Crippen LogP contribution is -2.44. The number of likely N-dealkylation sites (tertiary alicyclic amines) is 1. The number of rotatable bonds is 9. The summed E-state index contributed by atoms with van der Waals surface area (Å²) in [4.78, 5) is 40.4. The highest BCUT2D eigenvalue weighted by Crippen LogP contribution is 2.48. The Labute approximate surface area is 217 Å². The van der Waals surface area contributed by atoms with Crippen molar-refractivity contribution in [3.05, 3.63) is 64.6 Å². The molecule has 1 aromatic heterocycles. The van der Waals surface area contributed by atoms with Crippen molar-refractivity contribution in [2.75, 3.05) is 13.2 Å². The molecule has 0 spiro atoms. The number of amides is 2. The summed E-state index contributed by atoms with van der Waals surface area (Å²) in [6.45, 7) is -0.0431. The van der Waals surface area contributed by atoms with Gasteiger partial charge in [-0.3, -0.25) is 14.2 Å². The summed E-state index contributed by atoms with van der Waals surface area (Å²) in [6, 6.07) is 8.56. The van der Waals surface area contributed by atoms with Crippen LogP contribution in [0.5, 0.6) is 5.75 Å². The molecule has 194 valence electrons. The van der Waals surface area contributed by atoms with Crippen molar-refractivity contribution in [1.82, 2.24) is 9.47 Å². The molecule has 1 saturated heterocycles. The maximum atomic E-state index is 14.3. The molecule has 2 heterocycles. The summed E-state index contributed by atoms with van der Waals surface area (Å²) in [5.41, 5.74) is 7.04. The Bertz CT molecular complexity index is 1390. The van der Waals surface area contributed by atoms with Crippen molar-refractivity contribution in [1.29, 1.82) is 0 Å². The van der Waals surface area contributed by atoms with Gasteiger partial charge in [0.15, 0.2) is 5.78 Å². The fourth-order valence-electron chi connectivity index (χ4n) is 5.38. The van der Waals surface area contributed by atoms with Crippen LogP contribution in [0.3, 0.4) is 0 Å². The summed E-state index contributed by atoms with van der Waals surface area (Å²) in [7, 11) is 0. The van der Waals surface area contributed by atoms with E-state index in [0.717, 1.165) is 6.42 Å². The van der Waals surface area contributed by atoms with Crippen LogP contribution in [0.25, 0.3) is 10.9 Å². The molecule has 8 nitrogen and oxygen atoms in total. The molecule has 37 heavy (non-hydrogen) atoms. The van der Waals surface area contributed by atoms with Gasteiger partial charge >= 0.3 is 6.03 Å². The minimum atomic E-state index is -0.683. The SMILES string of the molecule is NC(=O)n1cc(CC(=O)N2C3CC3C[C@H]2C(=O)CCc2cccc(Cl)c2F)c2cc(OCCO)ccc21. The van der Waals surface area contributed by atoms with E-state index < -0.39 is 17.9 Å². The molecule has 2 amide bonds. The summed E-state index contributed by atoms with van der Waals surface area (Å²) in [5, 5.41) is 9.70. The number of carbonyl (C=O) groups is 3. The predicted octanol–water partition coefficient (Wildman–Crippen LogP) is 3.47. The normalized spacial score (nSPS) is 20.2. The van der Waals surface area contributed by atoms with Crippen LogP contribution in [0.1, 0.15) is 30.4 Å². The van der Waals surface area contributed by atoms with Crippen molar-refractivity contribution < 1.29 is 28.6 Å². The molecule has 2 aromatic carbocycles. The van der Waals surface area contributed by atoms with Crippen LogP contribution in [-0.2, 0) is 22.4 Å². The van der Waals surface area contributed by atoms with Gasteiger partial charge in [0, 0.05) is 24.0 Å². The van der Waals surface area contributed by atoms with Crippen LogP contribution in [0.2, 0.25) is 5.02 Å². The first-order chi connectivity index (χ1) is 17.8. The number of carbonyl (C=O) groups excluding carboxylic acids is 3. The van der Waals surface area contributed by atoms with E-state index >= 15 is 0 Å². The van der Waals surface area contributed by atoms with Crippen LogP contribution in [0.15, 0.2) is 42.6 Å². The maximum Gasteiger partial charge on any atom is 0.323 e. The number of ether oxygens (including phenoxy) is 1. The molecule has 1 saturated carbocycles. The van der Waals surface area contributed by atoms with Gasteiger partial charge in [-0.05, 0) is 60.6 Å². The van der Waals surface area contributed by atoms with Crippen LogP contribution in [-0.4, -0.2) is 57.6 Å². The second-order valence-corrected chi connectivity index (χ2v) is 9.99. The van der Waals surface area contributed by atoms with Crippen LogP contribution >= 0.6 is 11.6 Å². The Morgan fingerprint density at radius 1 is 1.16 bits per heavy atom. The number of nitrogens with two attached hydrogens (primary N) is 1. The first-order valence-electron chi connectivity index (χ1n) is 12.2. The van der Waals surface area contributed by atoms with E-state index in [0.29, 0.717) is 40.1 Å². The number of hydrogen-bond acceptors (Lipinski definition) is 5. The lowest BCUT2D eigenvalue weighted by molar-refractivity contribution is -0.138. The average Bonchev–Trinajstić information content (AvgIpc) is 3.39. The number of primary amides is 1. The number of nitrogens with zero attached hydrogens (tertiary/aromatic N) is 2. The third-order valence-corrected chi connectivity index (χ3v) is 7.53. The number of Topliss-reactive ketones (excluding diaryl/α,β-unsaturated/α-hetero) is 1. The van der Waals surface area contributed by atoms with E-state index in [-0.39, 0.29) is 55.2 Å². The molecule has 1 aliphatic heterocycles. The summed E-state index contributed by atoms with van der Waals surface area (Å²) in [5.74, 6) is -0.0394. The zero-order chi connectivity index (χ0) is 26.3. The molecule has 3 N–H and O–H groups in total. The van der Waals surface area contributed by atoms with Crippen molar-refractivity contribution in [2.24, 2.45) is 11.7 Å². The number of hydrogen-bond donors (Lipinski definition) is 2. The lowest BCUT2D eigenvalue weighted by atomic mass is 9.99. The number of halogens is 2. The average molecular weight is 528 g/mol. The van der Waals surface area contributed by atoms with Crippen LogP contribution < -0.4 is 10.5 Å². The van der Waals surface area contributed by atoms with Crippen LogP contribution in [0.4, 0.5) is 9.18 Å². The van der Waals surface area contributed by atoms with Gasteiger partial charge in [0.1, 0.15) is 18.2 Å². The van der Waals surface area contributed by atoms with Crippen molar-refractivity contribution in [3.8, 4) is 5.75 Å². The fraction of sp³-hybridized carbons (Fsp3) is 0.370. The predicted molar refractivity (Wildman–Crippen MR) is 135 cm³/mol. The Morgan fingerprint density at radius 3 is 2.73 bits per heavy atom. The molecule has 2 aliphatic rings. The highest BCUT2D eigenvalue weighted by Gasteiger charge is 2.55. The quantitative estimate of drug-likeness (QED) is 0.442. The molecule has 5 rings (SSSR count). The molecule has 0 radical (unpaired) electrons. The maximum absolute atomic E-state index is 14.3. The molecular formula is C27H27ClFN3O5. The Balaban J connectivity index is 1.35. The topological polar surface area (TPSA) is 115 Å².